The molecule has 2 rings (SSSR count). The molecule has 18 heavy (non-hydrogen) atoms. The van der Waals surface area contributed by atoms with Crippen LogP contribution in [0.4, 0.5) is 0 Å². The fourth-order valence-corrected chi connectivity index (χ4v) is 3.34. The molecule has 0 aliphatic carbocycles. The Morgan fingerprint density at radius 2 is 2.06 bits per heavy atom. The molecule has 104 valence electrons. The first-order chi connectivity index (χ1) is 8.67. The van der Waals surface area contributed by atoms with Crippen LogP contribution in [-0.4, -0.2) is 60.5 Å². The van der Waals surface area contributed by atoms with Gasteiger partial charge in [0.2, 0.25) is 5.91 Å². The van der Waals surface area contributed by atoms with Crippen molar-refractivity contribution in [3.8, 4) is 0 Å². The van der Waals surface area contributed by atoms with Crippen LogP contribution in [0.5, 0.6) is 0 Å². The molecule has 3 unspecified atom stereocenters. The van der Waals surface area contributed by atoms with Gasteiger partial charge in [-0.25, -0.2) is 0 Å². The normalized spacial score (nSPS) is 32.4. The number of nitrogens with zero attached hydrogens (tertiary/aromatic N) is 2. The Labute approximate surface area is 111 Å². The lowest BCUT2D eigenvalue weighted by Crippen LogP contribution is -2.46. The molecule has 0 aromatic rings. The van der Waals surface area contributed by atoms with Gasteiger partial charge in [0.15, 0.2) is 0 Å². The van der Waals surface area contributed by atoms with Crippen LogP contribution in [0, 0.1) is 5.92 Å². The molecule has 0 radical (unpaired) electrons. The van der Waals surface area contributed by atoms with Gasteiger partial charge in [0, 0.05) is 19.1 Å². The molecule has 1 amide bonds. The summed E-state index contributed by atoms with van der Waals surface area (Å²) >= 11 is 0. The monoisotopic (exact) mass is 253 g/mol. The van der Waals surface area contributed by atoms with Gasteiger partial charge >= 0.3 is 0 Å². The summed E-state index contributed by atoms with van der Waals surface area (Å²) in [5.74, 6) is 0.819. The van der Waals surface area contributed by atoms with Crippen LogP contribution in [0.3, 0.4) is 0 Å². The standard InChI is InChI=1S/C14H27N3O/c1-4-16(5-2)12-7-9-17(10-12)14(18)13-11(3)6-8-15-13/h11-13,15H,4-10H2,1-3H3. The molecule has 4 heteroatoms. The SMILES string of the molecule is CCN(CC)C1CCN(C(=O)C2NCCC2C)C1. The van der Waals surface area contributed by atoms with Crippen molar-refractivity contribution in [1.82, 2.24) is 15.1 Å². The van der Waals surface area contributed by atoms with Crippen LogP contribution in [-0.2, 0) is 4.79 Å². The van der Waals surface area contributed by atoms with Gasteiger partial charge in [-0.2, -0.15) is 0 Å². The third-order valence-corrected chi connectivity index (χ3v) is 4.60. The summed E-state index contributed by atoms with van der Waals surface area (Å²) in [7, 11) is 0. The predicted molar refractivity (Wildman–Crippen MR) is 73.5 cm³/mol. The Balaban J connectivity index is 1.90. The lowest BCUT2D eigenvalue weighted by atomic mass is 10.0. The van der Waals surface area contributed by atoms with Crippen molar-refractivity contribution in [3.63, 3.8) is 0 Å². The van der Waals surface area contributed by atoms with Crippen molar-refractivity contribution in [2.24, 2.45) is 5.92 Å². The summed E-state index contributed by atoms with van der Waals surface area (Å²) in [4.78, 5) is 17.0. The highest BCUT2D eigenvalue weighted by atomic mass is 16.2. The molecule has 2 saturated heterocycles. The number of amides is 1. The van der Waals surface area contributed by atoms with E-state index in [2.05, 4.69) is 35.9 Å². The minimum atomic E-state index is 0.0699. The van der Waals surface area contributed by atoms with Gasteiger partial charge in [-0.15, -0.1) is 0 Å². The number of carbonyl (C=O) groups excluding carboxylic acids is 1. The maximum atomic E-state index is 12.4. The van der Waals surface area contributed by atoms with Crippen molar-refractivity contribution >= 4 is 5.91 Å². The van der Waals surface area contributed by atoms with E-state index in [1.165, 1.54) is 0 Å². The third kappa shape index (κ3) is 2.69. The molecule has 4 nitrogen and oxygen atoms in total. The summed E-state index contributed by atoms with van der Waals surface area (Å²) in [5.41, 5.74) is 0. The molecule has 3 atom stereocenters. The molecule has 1 N–H and O–H groups in total. The maximum Gasteiger partial charge on any atom is 0.240 e. The lowest BCUT2D eigenvalue weighted by Gasteiger charge is -2.27. The first-order valence-corrected chi connectivity index (χ1v) is 7.43. The molecule has 0 saturated carbocycles. The van der Waals surface area contributed by atoms with E-state index >= 15 is 0 Å². The second kappa shape index (κ2) is 6.02. The van der Waals surface area contributed by atoms with Crippen LogP contribution in [0.1, 0.15) is 33.6 Å². The molecular formula is C14H27N3O. The lowest BCUT2D eigenvalue weighted by molar-refractivity contribution is -0.133. The van der Waals surface area contributed by atoms with E-state index in [0.29, 0.717) is 17.9 Å². The number of likely N-dealkylation sites (N-methyl/N-ethyl adjacent to an activating group) is 1. The number of nitrogens with one attached hydrogen (secondary N) is 1. The average molecular weight is 253 g/mol. The zero-order valence-corrected chi connectivity index (χ0v) is 12.0. The first-order valence-electron chi connectivity index (χ1n) is 7.43. The van der Waals surface area contributed by atoms with E-state index in [0.717, 1.165) is 45.6 Å². The van der Waals surface area contributed by atoms with Crippen molar-refractivity contribution in [2.45, 2.75) is 45.7 Å². The molecule has 2 aliphatic rings. The van der Waals surface area contributed by atoms with Gasteiger partial charge in [-0.3, -0.25) is 9.69 Å². The molecule has 2 heterocycles. The van der Waals surface area contributed by atoms with Crippen molar-refractivity contribution < 1.29 is 4.79 Å². The number of carbonyl (C=O) groups is 1. The van der Waals surface area contributed by atoms with Crippen LogP contribution in [0.15, 0.2) is 0 Å². The summed E-state index contributed by atoms with van der Waals surface area (Å²) in [5, 5.41) is 3.35. The Kier molecular flexibility index (Phi) is 4.62. The summed E-state index contributed by atoms with van der Waals surface area (Å²) < 4.78 is 0. The van der Waals surface area contributed by atoms with Crippen molar-refractivity contribution in [1.29, 1.82) is 0 Å². The zero-order chi connectivity index (χ0) is 13.1. The van der Waals surface area contributed by atoms with E-state index in [1.807, 2.05) is 0 Å². The van der Waals surface area contributed by atoms with Crippen molar-refractivity contribution in [2.75, 3.05) is 32.7 Å². The van der Waals surface area contributed by atoms with Gasteiger partial charge in [0.25, 0.3) is 0 Å². The van der Waals surface area contributed by atoms with Gasteiger partial charge in [0.05, 0.1) is 6.04 Å². The molecule has 0 aromatic carbocycles. The highest BCUT2D eigenvalue weighted by Gasteiger charge is 2.36. The Morgan fingerprint density at radius 1 is 1.33 bits per heavy atom. The Morgan fingerprint density at radius 3 is 2.61 bits per heavy atom. The minimum absolute atomic E-state index is 0.0699. The second-order valence-electron chi connectivity index (χ2n) is 5.65. The fraction of sp³-hybridized carbons (Fsp3) is 0.929. The largest absolute Gasteiger partial charge is 0.340 e. The number of likely N-dealkylation sites (tertiary alicyclic amines) is 1. The van der Waals surface area contributed by atoms with E-state index in [1.54, 1.807) is 0 Å². The van der Waals surface area contributed by atoms with Crippen molar-refractivity contribution in [3.05, 3.63) is 0 Å². The molecule has 0 aromatic heterocycles. The molecule has 0 bridgehead atoms. The van der Waals surface area contributed by atoms with E-state index in [-0.39, 0.29) is 6.04 Å². The number of hydrogen-bond donors (Lipinski definition) is 1. The topological polar surface area (TPSA) is 35.6 Å². The minimum Gasteiger partial charge on any atom is -0.340 e. The second-order valence-corrected chi connectivity index (χ2v) is 5.65. The third-order valence-electron chi connectivity index (χ3n) is 4.60. The molecule has 2 fully saturated rings. The number of rotatable bonds is 4. The average Bonchev–Trinajstić information content (AvgIpc) is 2.99. The highest BCUT2D eigenvalue weighted by Crippen LogP contribution is 2.21. The van der Waals surface area contributed by atoms with Gasteiger partial charge in [0.1, 0.15) is 0 Å². The van der Waals surface area contributed by atoms with Gasteiger partial charge in [-0.05, 0) is 38.4 Å². The predicted octanol–water partition coefficient (Wildman–Crippen LogP) is 0.927. The summed E-state index contributed by atoms with van der Waals surface area (Å²) in [6.07, 6.45) is 2.26. The summed E-state index contributed by atoms with van der Waals surface area (Å²) in [6.45, 7) is 11.6. The maximum absolute atomic E-state index is 12.4. The highest BCUT2D eigenvalue weighted by molar-refractivity contribution is 5.82. The Hall–Kier alpha value is -0.610. The van der Waals surface area contributed by atoms with Crippen LogP contribution in [0.25, 0.3) is 0 Å². The zero-order valence-electron chi connectivity index (χ0n) is 12.0. The molecular weight excluding hydrogens is 226 g/mol. The number of hydrogen-bond acceptors (Lipinski definition) is 3. The van der Waals surface area contributed by atoms with Crippen LogP contribution >= 0.6 is 0 Å². The smallest absolute Gasteiger partial charge is 0.240 e. The van der Waals surface area contributed by atoms with E-state index in [4.69, 9.17) is 0 Å². The Bertz CT molecular complexity index is 291. The van der Waals surface area contributed by atoms with Crippen LogP contribution < -0.4 is 5.32 Å². The molecule has 0 spiro atoms. The molecule has 2 aliphatic heterocycles. The van der Waals surface area contributed by atoms with Gasteiger partial charge < -0.3 is 10.2 Å². The fourth-order valence-electron chi connectivity index (χ4n) is 3.34. The van der Waals surface area contributed by atoms with E-state index in [9.17, 15) is 4.79 Å². The first kappa shape index (κ1) is 13.8. The van der Waals surface area contributed by atoms with E-state index < -0.39 is 0 Å². The van der Waals surface area contributed by atoms with Crippen LogP contribution in [0.2, 0.25) is 0 Å². The summed E-state index contributed by atoms with van der Waals surface area (Å²) in [6, 6.07) is 0.640. The quantitative estimate of drug-likeness (QED) is 0.809. The van der Waals surface area contributed by atoms with Gasteiger partial charge in [-0.1, -0.05) is 20.8 Å².